The van der Waals surface area contributed by atoms with Gasteiger partial charge in [-0.2, -0.15) is 0 Å². The summed E-state index contributed by atoms with van der Waals surface area (Å²) in [5.74, 6) is -0.00556. The lowest BCUT2D eigenvalue weighted by Gasteiger charge is -2.16. The minimum Gasteiger partial charge on any atom is -0.465 e. The van der Waals surface area contributed by atoms with E-state index in [2.05, 4.69) is 5.32 Å². The first kappa shape index (κ1) is 11.2. The van der Waals surface area contributed by atoms with Gasteiger partial charge < -0.3 is 20.6 Å². The van der Waals surface area contributed by atoms with Gasteiger partial charge in [-0.25, -0.2) is 4.79 Å². The summed E-state index contributed by atoms with van der Waals surface area (Å²) >= 11 is 0. The van der Waals surface area contributed by atoms with E-state index >= 15 is 0 Å². The van der Waals surface area contributed by atoms with Gasteiger partial charge >= 0.3 is 6.09 Å². The van der Waals surface area contributed by atoms with Crippen LogP contribution in [0.15, 0.2) is 0 Å². The van der Waals surface area contributed by atoms with Gasteiger partial charge in [0.15, 0.2) is 0 Å². The predicted molar refractivity (Wildman–Crippen MR) is 42.9 cm³/mol. The zero-order valence-electron chi connectivity index (χ0n) is 7.03. The van der Waals surface area contributed by atoms with Crippen LogP contribution >= 0.6 is 0 Å². The van der Waals surface area contributed by atoms with E-state index in [0.717, 1.165) is 0 Å². The van der Waals surface area contributed by atoms with Gasteiger partial charge in [0.1, 0.15) is 0 Å². The lowest BCUT2D eigenvalue weighted by Crippen LogP contribution is -2.38. The summed E-state index contributed by atoms with van der Waals surface area (Å²) in [7, 11) is 0. The topological polar surface area (TPSA) is 89.8 Å². The molecule has 0 aromatic carbocycles. The second-order valence-corrected chi connectivity index (χ2v) is 2.85. The van der Waals surface area contributed by atoms with E-state index in [1.165, 1.54) is 0 Å². The van der Waals surface area contributed by atoms with E-state index in [4.69, 9.17) is 15.3 Å². The van der Waals surface area contributed by atoms with Crippen molar-refractivity contribution in [1.29, 1.82) is 0 Å². The Balaban J connectivity index is 3.74. The summed E-state index contributed by atoms with van der Waals surface area (Å²) in [4.78, 5) is 10.2. The van der Waals surface area contributed by atoms with Crippen molar-refractivity contribution in [2.24, 2.45) is 5.92 Å². The van der Waals surface area contributed by atoms with Gasteiger partial charge in [-0.3, -0.25) is 0 Å². The molecule has 0 unspecified atom stereocenters. The SMILES string of the molecule is C[C@@H](CO)C[C@H](CO)NC(=O)O. The Labute approximate surface area is 71.0 Å². The first-order valence-electron chi connectivity index (χ1n) is 3.81. The molecule has 0 saturated carbocycles. The molecule has 0 bridgehead atoms. The van der Waals surface area contributed by atoms with Crippen molar-refractivity contribution in [3.05, 3.63) is 0 Å². The molecule has 1 amide bonds. The molecule has 0 aliphatic carbocycles. The number of aliphatic hydroxyl groups is 2. The number of nitrogens with one attached hydrogen (secondary N) is 1. The van der Waals surface area contributed by atoms with Crippen LogP contribution in [0.4, 0.5) is 4.79 Å². The molecular formula is C7H15NO4. The van der Waals surface area contributed by atoms with E-state index < -0.39 is 12.1 Å². The van der Waals surface area contributed by atoms with Crippen LogP contribution in [0.5, 0.6) is 0 Å². The molecule has 2 atom stereocenters. The fourth-order valence-electron chi connectivity index (χ4n) is 0.914. The highest BCUT2D eigenvalue weighted by Crippen LogP contribution is 2.04. The Bertz CT molecular complexity index is 139. The van der Waals surface area contributed by atoms with Crippen molar-refractivity contribution in [3.8, 4) is 0 Å². The number of carbonyl (C=O) groups is 1. The second-order valence-electron chi connectivity index (χ2n) is 2.85. The fourth-order valence-corrected chi connectivity index (χ4v) is 0.914. The Morgan fingerprint density at radius 2 is 2.00 bits per heavy atom. The Morgan fingerprint density at radius 1 is 1.42 bits per heavy atom. The van der Waals surface area contributed by atoms with Crippen LogP contribution < -0.4 is 5.32 Å². The number of amides is 1. The molecule has 5 nitrogen and oxygen atoms in total. The van der Waals surface area contributed by atoms with E-state index in [9.17, 15) is 4.79 Å². The summed E-state index contributed by atoms with van der Waals surface area (Å²) in [6.45, 7) is 1.54. The third-order valence-corrected chi connectivity index (χ3v) is 1.55. The molecule has 0 aromatic heterocycles. The van der Waals surface area contributed by atoms with Crippen molar-refractivity contribution in [2.45, 2.75) is 19.4 Å². The summed E-state index contributed by atoms with van der Waals surface area (Å²) in [6.07, 6.45) is -0.710. The van der Waals surface area contributed by atoms with Gasteiger partial charge in [0.05, 0.1) is 12.6 Å². The van der Waals surface area contributed by atoms with Gasteiger partial charge in [-0.15, -0.1) is 0 Å². The van der Waals surface area contributed by atoms with Crippen LogP contribution in [0.2, 0.25) is 0 Å². The Morgan fingerprint density at radius 3 is 2.33 bits per heavy atom. The number of aliphatic hydroxyl groups excluding tert-OH is 2. The highest BCUT2D eigenvalue weighted by Gasteiger charge is 2.13. The smallest absolute Gasteiger partial charge is 0.404 e. The summed E-state index contributed by atoms with van der Waals surface area (Å²) < 4.78 is 0. The highest BCUT2D eigenvalue weighted by molar-refractivity contribution is 5.64. The fraction of sp³-hybridized carbons (Fsp3) is 0.857. The quantitative estimate of drug-likeness (QED) is 0.461. The normalized spacial score (nSPS) is 15.2. The molecule has 0 rings (SSSR count). The molecule has 0 radical (unpaired) electrons. The van der Waals surface area contributed by atoms with Crippen LogP contribution in [-0.4, -0.2) is 40.7 Å². The third-order valence-electron chi connectivity index (χ3n) is 1.55. The molecule has 72 valence electrons. The van der Waals surface area contributed by atoms with Gasteiger partial charge in [-0.1, -0.05) is 6.92 Å². The molecule has 0 fully saturated rings. The highest BCUT2D eigenvalue weighted by atomic mass is 16.4. The van der Waals surface area contributed by atoms with Gasteiger partial charge in [0.25, 0.3) is 0 Å². The number of carboxylic acid groups (broad SMARTS) is 1. The number of hydrogen-bond acceptors (Lipinski definition) is 3. The third kappa shape index (κ3) is 4.92. The summed E-state index contributed by atoms with van der Waals surface area (Å²) in [5, 5.41) is 27.8. The molecule has 5 heteroatoms. The molecular weight excluding hydrogens is 162 g/mol. The van der Waals surface area contributed by atoms with Crippen molar-refractivity contribution in [2.75, 3.05) is 13.2 Å². The molecule has 0 saturated heterocycles. The zero-order valence-corrected chi connectivity index (χ0v) is 7.03. The zero-order chi connectivity index (χ0) is 9.56. The maximum atomic E-state index is 10.2. The Kier molecular flexibility index (Phi) is 5.40. The molecule has 4 N–H and O–H groups in total. The molecule has 0 aliphatic rings. The van der Waals surface area contributed by atoms with Crippen molar-refractivity contribution >= 4 is 6.09 Å². The molecule has 0 aliphatic heterocycles. The largest absolute Gasteiger partial charge is 0.465 e. The van der Waals surface area contributed by atoms with Crippen molar-refractivity contribution in [1.82, 2.24) is 5.32 Å². The first-order chi connectivity index (χ1) is 5.60. The van der Waals surface area contributed by atoms with Crippen LogP contribution in [0, 0.1) is 5.92 Å². The minimum atomic E-state index is -1.15. The standard InChI is InChI=1S/C7H15NO4/c1-5(3-9)2-6(4-10)8-7(11)12/h5-6,8-10H,2-4H2,1H3,(H,11,12)/t5-,6-/m1/s1. The van der Waals surface area contributed by atoms with Crippen molar-refractivity contribution < 1.29 is 20.1 Å². The monoisotopic (exact) mass is 177 g/mol. The molecule has 0 aromatic rings. The van der Waals surface area contributed by atoms with E-state index in [1.54, 1.807) is 6.92 Å². The van der Waals surface area contributed by atoms with Crippen LogP contribution in [0.1, 0.15) is 13.3 Å². The minimum absolute atomic E-state index is 0.00218. The summed E-state index contributed by atoms with van der Waals surface area (Å²) in [5.41, 5.74) is 0. The van der Waals surface area contributed by atoms with Crippen LogP contribution in [-0.2, 0) is 0 Å². The van der Waals surface area contributed by atoms with Crippen LogP contribution in [0.3, 0.4) is 0 Å². The number of hydrogen-bond donors (Lipinski definition) is 4. The second kappa shape index (κ2) is 5.79. The molecule has 0 spiro atoms. The average Bonchev–Trinajstić information content (AvgIpc) is 2.02. The lowest BCUT2D eigenvalue weighted by molar-refractivity contribution is 0.160. The van der Waals surface area contributed by atoms with Gasteiger partial charge in [0.2, 0.25) is 0 Å². The maximum Gasteiger partial charge on any atom is 0.404 e. The predicted octanol–water partition coefficient (Wildman–Crippen LogP) is -0.367. The van der Waals surface area contributed by atoms with E-state index in [0.29, 0.717) is 6.42 Å². The number of rotatable bonds is 5. The summed E-state index contributed by atoms with van der Waals surface area (Å²) in [6, 6.07) is -0.482. The maximum absolute atomic E-state index is 10.2. The Hall–Kier alpha value is -0.810. The van der Waals surface area contributed by atoms with Crippen molar-refractivity contribution in [3.63, 3.8) is 0 Å². The molecule has 0 heterocycles. The average molecular weight is 177 g/mol. The van der Waals surface area contributed by atoms with E-state index in [-0.39, 0.29) is 19.1 Å². The van der Waals surface area contributed by atoms with E-state index in [1.807, 2.05) is 0 Å². The first-order valence-corrected chi connectivity index (χ1v) is 3.81. The lowest BCUT2D eigenvalue weighted by atomic mass is 10.0. The van der Waals surface area contributed by atoms with Gasteiger partial charge in [-0.05, 0) is 12.3 Å². The van der Waals surface area contributed by atoms with Crippen LogP contribution in [0.25, 0.3) is 0 Å². The molecule has 12 heavy (non-hydrogen) atoms. The van der Waals surface area contributed by atoms with Gasteiger partial charge in [0, 0.05) is 6.61 Å².